The van der Waals surface area contributed by atoms with Gasteiger partial charge in [-0.1, -0.05) is 26.7 Å². The van der Waals surface area contributed by atoms with Crippen molar-refractivity contribution in [2.24, 2.45) is 5.92 Å². The number of ether oxygens (including phenoxy) is 1. The van der Waals surface area contributed by atoms with E-state index >= 15 is 0 Å². The molecule has 1 amide bonds. The first-order chi connectivity index (χ1) is 9.49. The minimum atomic E-state index is -0.962. The van der Waals surface area contributed by atoms with Gasteiger partial charge in [-0.15, -0.1) is 0 Å². The lowest BCUT2D eigenvalue weighted by molar-refractivity contribution is -0.156. The van der Waals surface area contributed by atoms with Crippen LogP contribution < -0.4 is 0 Å². The van der Waals surface area contributed by atoms with Crippen molar-refractivity contribution in [3.63, 3.8) is 0 Å². The Balaban J connectivity index is 2.01. The van der Waals surface area contributed by atoms with Gasteiger partial charge in [0.1, 0.15) is 6.10 Å². The summed E-state index contributed by atoms with van der Waals surface area (Å²) in [5.74, 6) is -0.554. The largest absolute Gasteiger partial charge is 0.479 e. The zero-order valence-corrected chi connectivity index (χ0v) is 12.4. The highest BCUT2D eigenvalue weighted by Crippen LogP contribution is 2.28. The quantitative estimate of drug-likeness (QED) is 0.838. The molecule has 1 saturated heterocycles. The van der Waals surface area contributed by atoms with Gasteiger partial charge in [0.15, 0.2) is 6.10 Å². The molecule has 1 saturated carbocycles. The van der Waals surface area contributed by atoms with E-state index in [0.717, 1.165) is 19.4 Å². The molecule has 0 spiro atoms. The van der Waals surface area contributed by atoms with E-state index in [0.29, 0.717) is 24.8 Å². The number of hydrogen-bond acceptors (Lipinski definition) is 3. The number of carboxylic acids is 1. The SMILES string of the molecule is CC(C)CN(C(=O)[C@@H]1CC[C@H](C(=O)O)O1)C1CCCC1. The first kappa shape index (κ1) is 15.3. The molecule has 20 heavy (non-hydrogen) atoms. The number of carbonyl (C=O) groups is 2. The number of amides is 1. The van der Waals surface area contributed by atoms with Crippen LogP contribution in [0.3, 0.4) is 0 Å². The highest BCUT2D eigenvalue weighted by Gasteiger charge is 2.39. The van der Waals surface area contributed by atoms with Crippen molar-refractivity contribution in [3.8, 4) is 0 Å². The zero-order valence-electron chi connectivity index (χ0n) is 12.4. The Morgan fingerprint density at radius 1 is 1.15 bits per heavy atom. The van der Waals surface area contributed by atoms with Gasteiger partial charge in [-0.05, 0) is 31.6 Å². The number of aliphatic carboxylic acids is 1. The molecular weight excluding hydrogens is 258 g/mol. The Hall–Kier alpha value is -1.10. The van der Waals surface area contributed by atoms with E-state index in [-0.39, 0.29) is 5.91 Å². The lowest BCUT2D eigenvalue weighted by Crippen LogP contribution is -2.46. The average Bonchev–Trinajstić information content (AvgIpc) is 3.05. The molecule has 2 aliphatic rings. The van der Waals surface area contributed by atoms with Gasteiger partial charge in [0, 0.05) is 12.6 Å². The standard InChI is InChI=1S/C15H25NO4/c1-10(2)9-16(11-5-3-4-6-11)14(17)12-7-8-13(20-12)15(18)19/h10-13H,3-9H2,1-2H3,(H,18,19)/t12-,13+/m0/s1. The molecule has 2 fully saturated rings. The number of carbonyl (C=O) groups excluding carboxylic acids is 1. The second kappa shape index (κ2) is 6.57. The van der Waals surface area contributed by atoms with Gasteiger partial charge in [0.25, 0.3) is 5.91 Å². The van der Waals surface area contributed by atoms with Gasteiger partial charge >= 0.3 is 5.97 Å². The fourth-order valence-electron chi connectivity index (χ4n) is 3.21. The minimum absolute atomic E-state index is 0.00523. The Morgan fingerprint density at radius 2 is 1.75 bits per heavy atom. The van der Waals surface area contributed by atoms with Gasteiger partial charge in [0.05, 0.1) is 0 Å². The summed E-state index contributed by atoms with van der Waals surface area (Å²) in [6.07, 6.45) is 4.07. The summed E-state index contributed by atoms with van der Waals surface area (Å²) in [4.78, 5) is 25.5. The molecule has 0 unspecified atom stereocenters. The maximum Gasteiger partial charge on any atom is 0.332 e. The van der Waals surface area contributed by atoms with Crippen molar-refractivity contribution in [2.45, 2.75) is 70.6 Å². The van der Waals surface area contributed by atoms with Crippen LogP contribution in [0.1, 0.15) is 52.4 Å². The molecule has 5 heteroatoms. The summed E-state index contributed by atoms with van der Waals surface area (Å²) in [6, 6.07) is 0.317. The molecule has 2 atom stereocenters. The predicted octanol–water partition coefficient (Wildman–Crippen LogP) is 2.05. The molecule has 1 N–H and O–H groups in total. The third-order valence-electron chi connectivity index (χ3n) is 4.18. The smallest absolute Gasteiger partial charge is 0.332 e. The second-order valence-corrected chi connectivity index (χ2v) is 6.35. The molecule has 0 aromatic carbocycles. The van der Waals surface area contributed by atoms with E-state index in [9.17, 15) is 9.59 Å². The Morgan fingerprint density at radius 3 is 2.25 bits per heavy atom. The Bertz CT molecular complexity index is 363. The third-order valence-corrected chi connectivity index (χ3v) is 4.18. The molecule has 1 heterocycles. The van der Waals surface area contributed by atoms with Crippen LogP contribution in [0.25, 0.3) is 0 Å². The minimum Gasteiger partial charge on any atom is -0.479 e. The number of hydrogen-bond donors (Lipinski definition) is 1. The third kappa shape index (κ3) is 3.51. The summed E-state index contributed by atoms with van der Waals surface area (Å²) < 4.78 is 5.42. The molecule has 5 nitrogen and oxygen atoms in total. The van der Waals surface area contributed by atoms with Crippen LogP contribution in [-0.2, 0) is 14.3 Å². The van der Waals surface area contributed by atoms with Gasteiger partial charge in [-0.3, -0.25) is 4.79 Å². The fourth-order valence-corrected chi connectivity index (χ4v) is 3.21. The molecule has 0 aromatic heterocycles. The van der Waals surface area contributed by atoms with Crippen LogP contribution in [0.4, 0.5) is 0 Å². The van der Waals surface area contributed by atoms with Crippen LogP contribution in [0.2, 0.25) is 0 Å². The predicted molar refractivity (Wildman–Crippen MR) is 74.3 cm³/mol. The molecule has 0 radical (unpaired) electrons. The van der Waals surface area contributed by atoms with Crippen LogP contribution in [0.5, 0.6) is 0 Å². The monoisotopic (exact) mass is 283 g/mol. The first-order valence-corrected chi connectivity index (χ1v) is 7.67. The van der Waals surface area contributed by atoms with Crippen LogP contribution in [0, 0.1) is 5.92 Å². The van der Waals surface area contributed by atoms with E-state index in [1.165, 1.54) is 12.8 Å². The second-order valence-electron chi connectivity index (χ2n) is 6.35. The van der Waals surface area contributed by atoms with Crippen molar-refractivity contribution in [3.05, 3.63) is 0 Å². The van der Waals surface area contributed by atoms with E-state index in [4.69, 9.17) is 9.84 Å². The number of rotatable bonds is 5. The molecular formula is C15H25NO4. The Labute approximate surface area is 120 Å². The molecule has 1 aliphatic carbocycles. The number of nitrogens with zero attached hydrogens (tertiary/aromatic N) is 1. The maximum atomic E-state index is 12.6. The van der Waals surface area contributed by atoms with Gasteiger partial charge < -0.3 is 14.7 Å². The molecule has 0 aromatic rings. The average molecular weight is 283 g/mol. The lowest BCUT2D eigenvalue weighted by Gasteiger charge is -2.32. The van der Waals surface area contributed by atoms with E-state index in [1.54, 1.807) is 0 Å². The highest BCUT2D eigenvalue weighted by molar-refractivity contribution is 5.83. The van der Waals surface area contributed by atoms with E-state index in [1.807, 2.05) is 4.90 Å². The topological polar surface area (TPSA) is 66.8 Å². The van der Waals surface area contributed by atoms with E-state index < -0.39 is 18.2 Å². The van der Waals surface area contributed by atoms with Gasteiger partial charge in [-0.25, -0.2) is 4.79 Å². The molecule has 2 rings (SSSR count). The van der Waals surface area contributed by atoms with Crippen LogP contribution in [-0.4, -0.2) is 46.7 Å². The summed E-state index contributed by atoms with van der Waals surface area (Å²) >= 11 is 0. The van der Waals surface area contributed by atoms with E-state index in [2.05, 4.69) is 13.8 Å². The van der Waals surface area contributed by atoms with Crippen molar-refractivity contribution in [1.29, 1.82) is 0 Å². The van der Waals surface area contributed by atoms with Crippen molar-refractivity contribution < 1.29 is 19.4 Å². The molecule has 0 bridgehead atoms. The fraction of sp³-hybridized carbons (Fsp3) is 0.867. The summed E-state index contributed by atoms with van der Waals surface area (Å²) in [7, 11) is 0. The van der Waals surface area contributed by atoms with Crippen molar-refractivity contribution in [1.82, 2.24) is 4.90 Å². The summed E-state index contributed by atoms with van der Waals surface area (Å²) in [5, 5.41) is 8.96. The van der Waals surface area contributed by atoms with Crippen LogP contribution >= 0.6 is 0 Å². The van der Waals surface area contributed by atoms with Crippen molar-refractivity contribution in [2.75, 3.05) is 6.54 Å². The van der Waals surface area contributed by atoms with Crippen LogP contribution in [0.15, 0.2) is 0 Å². The van der Waals surface area contributed by atoms with Gasteiger partial charge in [0.2, 0.25) is 0 Å². The Kier molecular flexibility index (Phi) is 5.02. The molecule has 1 aliphatic heterocycles. The summed E-state index contributed by atoms with van der Waals surface area (Å²) in [5.41, 5.74) is 0. The first-order valence-electron chi connectivity index (χ1n) is 7.67. The number of carboxylic acid groups (broad SMARTS) is 1. The van der Waals surface area contributed by atoms with Gasteiger partial charge in [-0.2, -0.15) is 0 Å². The highest BCUT2D eigenvalue weighted by atomic mass is 16.5. The normalized spacial score (nSPS) is 27.1. The summed E-state index contributed by atoms with van der Waals surface area (Å²) in [6.45, 7) is 4.94. The molecule has 114 valence electrons. The maximum absolute atomic E-state index is 12.6. The van der Waals surface area contributed by atoms with Crippen molar-refractivity contribution >= 4 is 11.9 Å². The zero-order chi connectivity index (χ0) is 14.7. The lowest BCUT2D eigenvalue weighted by atomic mass is 10.1.